The zero-order valence-electron chi connectivity index (χ0n) is 26.5. The monoisotopic (exact) mass is 610 g/mol. The van der Waals surface area contributed by atoms with Gasteiger partial charge < -0.3 is 25.2 Å². The molecule has 2 unspecified atom stereocenters. The van der Waals surface area contributed by atoms with Crippen LogP contribution in [0.2, 0.25) is 0 Å². The third-order valence-electron chi connectivity index (χ3n) is 7.39. The highest BCUT2D eigenvalue weighted by Crippen LogP contribution is 2.32. The Hall–Kier alpha value is -4.09. The van der Waals surface area contributed by atoms with Crippen molar-refractivity contribution in [2.45, 2.75) is 64.8 Å². The topological polar surface area (TPSA) is 105 Å². The second-order valence-corrected chi connectivity index (χ2v) is 10.5. The number of benzene rings is 2. The molecule has 0 aliphatic carbocycles. The van der Waals surface area contributed by atoms with Gasteiger partial charge in [-0.25, -0.2) is 19.2 Å². The van der Waals surface area contributed by atoms with E-state index in [1.54, 1.807) is 34.0 Å². The van der Waals surface area contributed by atoms with Gasteiger partial charge in [0.05, 0.1) is 19.1 Å². The molecule has 44 heavy (non-hydrogen) atoms. The van der Waals surface area contributed by atoms with Crippen LogP contribution in [0.15, 0.2) is 67.3 Å². The molecular weight excluding hydrogens is 563 g/mol. The lowest BCUT2D eigenvalue weighted by molar-refractivity contribution is -0.189. The number of hydrogen-bond acceptors (Lipinski definition) is 6. The maximum Gasteiger partial charge on any atom is 0.334 e. The van der Waals surface area contributed by atoms with Crippen molar-refractivity contribution >= 4 is 24.1 Å². The van der Waals surface area contributed by atoms with E-state index < -0.39 is 12.2 Å². The first-order valence-corrected chi connectivity index (χ1v) is 15.0. The molecule has 4 rings (SSSR count). The van der Waals surface area contributed by atoms with Gasteiger partial charge in [0.2, 0.25) is 11.8 Å². The van der Waals surface area contributed by atoms with Crippen molar-refractivity contribution in [3.05, 3.63) is 84.2 Å². The van der Waals surface area contributed by atoms with Gasteiger partial charge >= 0.3 is 6.03 Å². The number of aldehydes is 1. The number of carbonyl (C=O) groups is 4. The lowest BCUT2D eigenvalue weighted by Crippen LogP contribution is -2.76. The van der Waals surface area contributed by atoms with E-state index in [1.807, 2.05) is 50.4 Å². The number of fused-ring (bicyclic) bond motifs is 1. The summed E-state index contributed by atoms with van der Waals surface area (Å²) in [6, 6.07) is 14.4. The number of amides is 4. The lowest BCUT2D eigenvalue weighted by atomic mass is 9.98. The molecule has 240 valence electrons. The average Bonchev–Trinajstić information content (AvgIpc) is 3.02. The van der Waals surface area contributed by atoms with Crippen molar-refractivity contribution < 1.29 is 23.6 Å². The molecule has 2 aliphatic rings. The Morgan fingerprint density at radius 2 is 1.75 bits per heavy atom. The van der Waals surface area contributed by atoms with E-state index in [1.165, 1.54) is 24.1 Å². The van der Waals surface area contributed by atoms with E-state index in [-0.39, 0.29) is 49.3 Å². The fraction of sp³-hybridized carbons (Fsp3) is 0.455. The number of likely N-dealkylation sites (N-methyl/N-ethyl adjacent to an activating group) is 1. The molecule has 2 fully saturated rings. The normalized spacial score (nSPS) is 18.6. The van der Waals surface area contributed by atoms with Crippen LogP contribution in [0.25, 0.3) is 0 Å². The van der Waals surface area contributed by atoms with Gasteiger partial charge in [-0.3, -0.25) is 9.59 Å². The molecule has 4 amide bonds. The third-order valence-corrected chi connectivity index (χ3v) is 7.39. The summed E-state index contributed by atoms with van der Waals surface area (Å²) in [5, 5.41) is 9.13. The van der Waals surface area contributed by atoms with Gasteiger partial charge in [-0.05, 0) is 70.0 Å². The summed E-state index contributed by atoms with van der Waals surface area (Å²) in [6.45, 7) is 10.1. The van der Waals surface area contributed by atoms with Crippen LogP contribution in [-0.2, 0) is 20.9 Å². The summed E-state index contributed by atoms with van der Waals surface area (Å²) in [4.78, 5) is 52.7. The predicted octanol–water partition coefficient (Wildman–Crippen LogP) is 4.11. The molecule has 0 aromatic heterocycles. The van der Waals surface area contributed by atoms with Crippen molar-refractivity contribution in [2.24, 2.45) is 0 Å². The molecule has 2 aliphatic heterocycles. The number of nitrogens with one attached hydrogen (secondary N) is 2. The highest BCUT2D eigenvalue weighted by Gasteiger charge is 2.51. The number of nitrogens with zero attached hydrogens (tertiary/aromatic N) is 4. The summed E-state index contributed by atoms with van der Waals surface area (Å²) in [7, 11) is 3.55. The van der Waals surface area contributed by atoms with Crippen LogP contribution >= 0.6 is 0 Å². The zero-order chi connectivity index (χ0) is 32.6. The maximum absolute atomic E-state index is 13.8. The molecule has 2 aromatic carbocycles. The minimum absolute atomic E-state index is 0.00941. The van der Waals surface area contributed by atoms with Crippen LogP contribution in [0, 0.1) is 5.82 Å². The lowest BCUT2D eigenvalue weighted by Gasteiger charge is -2.55. The molecule has 2 heterocycles. The minimum Gasteiger partial charge on any atom is -0.333 e. The second kappa shape index (κ2) is 18.5. The summed E-state index contributed by atoms with van der Waals surface area (Å²) in [5.74, 6) is -0.623. The summed E-state index contributed by atoms with van der Waals surface area (Å²) in [5.41, 5.74) is 1.74. The average molecular weight is 611 g/mol. The first kappa shape index (κ1) is 36.1. The highest BCUT2D eigenvalue weighted by atomic mass is 19.1. The van der Waals surface area contributed by atoms with Gasteiger partial charge in [-0.1, -0.05) is 55.5 Å². The molecule has 11 heteroatoms. The quantitative estimate of drug-likeness (QED) is 0.252. The third kappa shape index (κ3) is 9.72. The Balaban J connectivity index is 0.000000876. The summed E-state index contributed by atoms with van der Waals surface area (Å²) in [6.07, 6.45) is 4.26. The highest BCUT2D eigenvalue weighted by molar-refractivity contribution is 5.91. The molecule has 2 aromatic rings. The molecule has 2 N–H and O–H groups in total. The summed E-state index contributed by atoms with van der Waals surface area (Å²) >= 11 is 0. The summed E-state index contributed by atoms with van der Waals surface area (Å²) < 4.78 is 13.3. The number of halogens is 1. The van der Waals surface area contributed by atoms with Crippen molar-refractivity contribution in [3.63, 3.8) is 0 Å². The molecule has 2 saturated heterocycles. The van der Waals surface area contributed by atoms with Gasteiger partial charge in [0.1, 0.15) is 24.3 Å². The second-order valence-electron chi connectivity index (χ2n) is 10.5. The van der Waals surface area contributed by atoms with Gasteiger partial charge in [-0.2, -0.15) is 0 Å². The van der Waals surface area contributed by atoms with Crippen molar-refractivity contribution in [1.29, 1.82) is 0 Å². The van der Waals surface area contributed by atoms with Crippen molar-refractivity contribution in [1.82, 2.24) is 30.5 Å². The smallest absolute Gasteiger partial charge is 0.333 e. The predicted molar refractivity (Wildman–Crippen MR) is 169 cm³/mol. The molecule has 10 nitrogen and oxygen atoms in total. The Bertz CT molecular complexity index is 1210. The van der Waals surface area contributed by atoms with E-state index >= 15 is 0 Å². The first-order valence-electron chi connectivity index (χ1n) is 15.0. The van der Waals surface area contributed by atoms with Crippen molar-refractivity contribution in [3.8, 4) is 0 Å². The molecule has 0 spiro atoms. The van der Waals surface area contributed by atoms with Crippen LogP contribution in [0.4, 0.5) is 9.18 Å². The number of urea groups is 1. The number of rotatable bonds is 9. The van der Waals surface area contributed by atoms with E-state index in [9.17, 15) is 18.8 Å². The van der Waals surface area contributed by atoms with Crippen LogP contribution in [0.5, 0.6) is 0 Å². The Morgan fingerprint density at radius 1 is 1.14 bits per heavy atom. The van der Waals surface area contributed by atoms with E-state index in [2.05, 4.69) is 24.1 Å². The van der Waals surface area contributed by atoms with Gasteiger partial charge in [0.25, 0.3) is 0 Å². The van der Waals surface area contributed by atoms with E-state index in [0.29, 0.717) is 19.4 Å². The molecule has 0 radical (unpaired) electrons. The standard InChI is InChI=1S/C27H35FN6O3.C4H8.C2H4O/c1-19(21-8-5-4-6-9-21)32-17-24-33(23(26(32)36)10-7-15-29-2)25(35)18-31(3)34(24)27(37)30-16-20-11-13-22(28)14-12-20;1-3-4-2;1-2-3/h4-6,8-9,11-14,19,23-24,29H,7,10,15-18H2,1-3H3,(H,30,37);3H,1,4H2,2H3;2H,1H3/t19?,23-,24?;;/m0../s1. The van der Waals surface area contributed by atoms with E-state index in [0.717, 1.165) is 23.8 Å². The Kier molecular flexibility index (Phi) is 15.2. The molecule has 3 atom stereocenters. The number of hydrazine groups is 1. The Labute approximate surface area is 260 Å². The van der Waals surface area contributed by atoms with Crippen molar-refractivity contribution in [2.75, 3.05) is 33.7 Å². The van der Waals surface area contributed by atoms with E-state index in [4.69, 9.17) is 4.79 Å². The fourth-order valence-corrected chi connectivity index (χ4v) is 5.13. The van der Waals surface area contributed by atoms with Crippen LogP contribution in [0.3, 0.4) is 0 Å². The zero-order valence-corrected chi connectivity index (χ0v) is 26.5. The number of allylic oxidation sites excluding steroid dienone is 1. The molecule has 0 saturated carbocycles. The van der Waals surface area contributed by atoms with Gasteiger partial charge in [0.15, 0.2) is 0 Å². The maximum atomic E-state index is 13.8. The molecule has 0 bridgehead atoms. The van der Waals surface area contributed by atoms with Gasteiger partial charge in [0, 0.05) is 13.6 Å². The van der Waals surface area contributed by atoms with Crippen LogP contribution in [0.1, 0.15) is 57.2 Å². The SMILES string of the molecule is C=CCC.CC=O.CNCCC[C@H]1C(=O)N(C(C)c2ccccc2)CC2N1C(=O)CN(C)N2C(=O)NCc1ccc(F)cc1. The van der Waals surface area contributed by atoms with Crippen LogP contribution in [-0.4, -0.2) is 89.9 Å². The Morgan fingerprint density at radius 3 is 2.32 bits per heavy atom. The fourth-order valence-electron chi connectivity index (χ4n) is 5.13. The van der Waals surface area contributed by atoms with Gasteiger partial charge in [-0.15, -0.1) is 6.58 Å². The number of hydrogen-bond donors (Lipinski definition) is 2. The number of piperazine rings is 1. The number of carbonyl (C=O) groups excluding carboxylic acids is 4. The first-order chi connectivity index (χ1) is 21.1. The largest absolute Gasteiger partial charge is 0.334 e. The minimum atomic E-state index is -0.660. The molecular formula is C33H47FN6O4. The van der Waals surface area contributed by atoms with Crippen LogP contribution < -0.4 is 10.6 Å².